The van der Waals surface area contributed by atoms with Crippen molar-refractivity contribution in [1.82, 2.24) is 16.0 Å². The van der Waals surface area contributed by atoms with Crippen LogP contribution in [0.25, 0.3) is 0 Å². The summed E-state index contributed by atoms with van der Waals surface area (Å²) in [6.45, 7) is 6.96. The van der Waals surface area contributed by atoms with Crippen molar-refractivity contribution in [3.05, 3.63) is 35.9 Å². The Morgan fingerprint density at radius 1 is 0.929 bits per heavy atom. The molecule has 0 aromatic heterocycles. The number of rotatable bonds is 10. The van der Waals surface area contributed by atoms with Crippen LogP contribution < -0.4 is 16.0 Å². The zero-order valence-corrected chi connectivity index (χ0v) is 16.7. The molecular weight excluding hydrogens is 362 g/mol. The number of hydrogen-bond acceptors (Lipinski definition) is 5. The maximum Gasteiger partial charge on any atom is 0.408 e. The minimum Gasteiger partial charge on any atom is -0.445 e. The summed E-state index contributed by atoms with van der Waals surface area (Å²) < 4.78 is 5.06. The number of nitrogens with one attached hydrogen (secondary N) is 3. The number of alkyl carbamates (subject to hydrolysis) is 1. The van der Waals surface area contributed by atoms with Gasteiger partial charge in [0.05, 0.1) is 6.04 Å². The molecule has 0 saturated heterocycles. The van der Waals surface area contributed by atoms with Crippen LogP contribution in [0.2, 0.25) is 0 Å². The van der Waals surface area contributed by atoms with Crippen LogP contribution in [0.5, 0.6) is 0 Å². The molecule has 3 atom stereocenters. The van der Waals surface area contributed by atoms with E-state index in [2.05, 4.69) is 16.0 Å². The molecule has 3 N–H and O–H groups in total. The molecule has 0 unspecified atom stereocenters. The minimum absolute atomic E-state index is 0.0861. The van der Waals surface area contributed by atoms with E-state index >= 15 is 0 Å². The molecule has 8 nitrogen and oxygen atoms in total. The first-order valence-corrected chi connectivity index (χ1v) is 9.26. The second-order valence-electron chi connectivity index (χ2n) is 7.04. The Labute approximate surface area is 165 Å². The maximum atomic E-state index is 12.2. The lowest BCUT2D eigenvalue weighted by Crippen LogP contribution is -2.53. The first kappa shape index (κ1) is 23.1. The molecule has 0 aliphatic carbocycles. The van der Waals surface area contributed by atoms with Gasteiger partial charge in [-0.15, -0.1) is 0 Å². The van der Waals surface area contributed by atoms with E-state index in [-0.39, 0.29) is 12.5 Å². The Hall–Kier alpha value is -2.90. The Kier molecular flexibility index (Phi) is 9.70. The van der Waals surface area contributed by atoms with E-state index in [4.69, 9.17) is 4.74 Å². The first-order chi connectivity index (χ1) is 13.2. The molecule has 0 radical (unpaired) electrons. The normalized spacial score (nSPS) is 13.8. The van der Waals surface area contributed by atoms with Gasteiger partial charge in [0.1, 0.15) is 25.0 Å². The van der Waals surface area contributed by atoms with Gasteiger partial charge in [-0.05, 0) is 31.7 Å². The summed E-state index contributed by atoms with van der Waals surface area (Å²) in [6.07, 6.45) is 0.460. The predicted molar refractivity (Wildman–Crippen MR) is 104 cm³/mol. The summed E-state index contributed by atoms with van der Waals surface area (Å²) in [5.74, 6) is -0.762. The van der Waals surface area contributed by atoms with Crippen molar-refractivity contribution in [3.8, 4) is 0 Å². The summed E-state index contributed by atoms with van der Waals surface area (Å²) in [5.41, 5.74) is 0.825. The highest BCUT2D eigenvalue weighted by Crippen LogP contribution is 2.03. The van der Waals surface area contributed by atoms with Gasteiger partial charge in [0.25, 0.3) is 0 Å². The van der Waals surface area contributed by atoms with Crippen molar-refractivity contribution in [1.29, 1.82) is 0 Å². The van der Waals surface area contributed by atoms with Crippen molar-refractivity contribution in [2.75, 3.05) is 0 Å². The third kappa shape index (κ3) is 8.66. The fourth-order valence-electron chi connectivity index (χ4n) is 2.38. The smallest absolute Gasteiger partial charge is 0.408 e. The van der Waals surface area contributed by atoms with Crippen LogP contribution in [0, 0.1) is 5.92 Å². The van der Waals surface area contributed by atoms with E-state index in [1.807, 2.05) is 44.2 Å². The van der Waals surface area contributed by atoms with Gasteiger partial charge in [0.2, 0.25) is 11.8 Å². The average Bonchev–Trinajstić information content (AvgIpc) is 2.65. The van der Waals surface area contributed by atoms with E-state index in [1.54, 1.807) is 0 Å². The highest BCUT2D eigenvalue weighted by molar-refractivity contribution is 5.91. The number of carbonyl (C=O) groups excluding carboxylic acids is 4. The monoisotopic (exact) mass is 391 g/mol. The Morgan fingerprint density at radius 2 is 1.50 bits per heavy atom. The summed E-state index contributed by atoms with van der Waals surface area (Å²) in [5, 5.41) is 7.50. The highest BCUT2D eigenvalue weighted by atomic mass is 16.5. The zero-order chi connectivity index (χ0) is 21.1. The van der Waals surface area contributed by atoms with Gasteiger partial charge < -0.3 is 25.5 Å². The van der Waals surface area contributed by atoms with Gasteiger partial charge in [-0.3, -0.25) is 9.59 Å². The molecule has 0 bridgehead atoms. The molecular formula is C20H29N3O5. The molecule has 0 fully saturated rings. The van der Waals surface area contributed by atoms with E-state index in [9.17, 15) is 19.2 Å². The summed E-state index contributed by atoms with van der Waals surface area (Å²) in [6, 6.07) is 6.79. The van der Waals surface area contributed by atoms with E-state index in [1.165, 1.54) is 13.8 Å². The van der Waals surface area contributed by atoms with E-state index in [0.29, 0.717) is 12.7 Å². The number of hydrogen-bond donors (Lipinski definition) is 3. The number of aldehydes is 1. The second-order valence-corrected chi connectivity index (χ2v) is 7.04. The third-order valence-electron chi connectivity index (χ3n) is 3.91. The van der Waals surface area contributed by atoms with E-state index < -0.39 is 36.0 Å². The summed E-state index contributed by atoms with van der Waals surface area (Å²) in [7, 11) is 0. The van der Waals surface area contributed by atoms with Gasteiger partial charge in [-0.2, -0.15) is 0 Å². The third-order valence-corrected chi connectivity index (χ3v) is 3.91. The van der Waals surface area contributed by atoms with Crippen LogP contribution >= 0.6 is 0 Å². The van der Waals surface area contributed by atoms with Crippen LogP contribution in [0.15, 0.2) is 30.3 Å². The molecule has 8 heteroatoms. The van der Waals surface area contributed by atoms with Gasteiger partial charge in [0, 0.05) is 0 Å². The van der Waals surface area contributed by atoms with Crippen LogP contribution in [0.4, 0.5) is 4.79 Å². The molecule has 28 heavy (non-hydrogen) atoms. The van der Waals surface area contributed by atoms with E-state index in [0.717, 1.165) is 5.56 Å². The largest absolute Gasteiger partial charge is 0.445 e. The van der Waals surface area contributed by atoms with Gasteiger partial charge >= 0.3 is 6.09 Å². The fourth-order valence-corrected chi connectivity index (χ4v) is 2.38. The number of benzene rings is 1. The van der Waals surface area contributed by atoms with Crippen molar-refractivity contribution >= 4 is 24.2 Å². The standard InChI is InChI=1S/C20H29N3O5/c1-13(2)10-17(11-24)23-19(26)14(3)21-18(25)15(4)22-20(27)28-12-16-8-6-5-7-9-16/h5-9,11,13-15,17H,10,12H2,1-4H3,(H,21,25)(H,22,27)(H,23,26)/t14-,15-,17-/m0/s1. The van der Waals surface area contributed by atoms with Crippen LogP contribution in [0.3, 0.4) is 0 Å². The van der Waals surface area contributed by atoms with Gasteiger partial charge in [0.15, 0.2) is 0 Å². The predicted octanol–water partition coefficient (Wildman–Crippen LogP) is 1.54. The van der Waals surface area contributed by atoms with Crippen molar-refractivity contribution in [2.45, 2.75) is 58.8 Å². The molecule has 154 valence electrons. The zero-order valence-electron chi connectivity index (χ0n) is 16.7. The summed E-state index contributed by atoms with van der Waals surface area (Å²) >= 11 is 0. The topological polar surface area (TPSA) is 114 Å². The molecule has 1 aromatic carbocycles. The second kappa shape index (κ2) is 11.7. The molecule has 1 aromatic rings. The van der Waals surface area contributed by atoms with Crippen LogP contribution in [0.1, 0.15) is 39.7 Å². The highest BCUT2D eigenvalue weighted by Gasteiger charge is 2.23. The Bertz CT molecular complexity index is 663. The van der Waals surface area contributed by atoms with Crippen LogP contribution in [-0.2, 0) is 25.7 Å². The van der Waals surface area contributed by atoms with Crippen molar-refractivity contribution < 1.29 is 23.9 Å². The number of ether oxygens (including phenoxy) is 1. The first-order valence-electron chi connectivity index (χ1n) is 9.26. The van der Waals surface area contributed by atoms with Gasteiger partial charge in [-0.25, -0.2) is 4.79 Å². The molecule has 0 aliphatic rings. The average molecular weight is 391 g/mol. The SMILES string of the molecule is CC(C)C[C@@H](C=O)NC(=O)[C@H](C)NC(=O)[C@H](C)NC(=O)OCc1ccccc1. The summed E-state index contributed by atoms with van der Waals surface area (Å²) in [4.78, 5) is 47.2. The molecule has 0 heterocycles. The number of carbonyl (C=O) groups is 4. The molecule has 0 spiro atoms. The molecule has 3 amide bonds. The van der Waals surface area contributed by atoms with Crippen LogP contribution in [-0.4, -0.2) is 42.3 Å². The fraction of sp³-hybridized carbons (Fsp3) is 0.500. The maximum absolute atomic E-state index is 12.2. The number of amides is 3. The molecule has 0 aliphatic heterocycles. The lowest BCUT2D eigenvalue weighted by molar-refractivity contribution is -0.130. The lowest BCUT2D eigenvalue weighted by Gasteiger charge is -2.20. The Morgan fingerprint density at radius 3 is 2.07 bits per heavy atom. The Balaban J connectivity index is 2.41. The molecule has 0 saturated carbocycles. The minimum atomic E-state index is -0.893. The van der Waals surface area contributed by atoms with Gasteiger partial charge in [-0.1, -0.05) is 44.2 Å². The lowest BCUT2D eigenvalue weighted by atomic mass is 10.0. The quantitative estimate of drug-likeness (QED) is 0.524. The van der Waals surface area contributed by atoms with Crippen molar-refractivity contribution in [2.24, 2.45) is 5.92 Å². The molecule has 1 rings (SSSR count). The van der Waals surface area contributed by atoms with Crippen molar-refractivity contribution in [3.63, 3.8) is 0 Å².